The predicted octanol–water partition coefficient (Wildman–Crippen LogP) is 1.62. The molecule has 0 spiro atoms. The number of rotatable bonds is 4. The van der Waals surface area contributed by atoms with Crippen LogP contribution in [0.4, 0.5) is 0 Å². The Morgan fingerprint density at radius 3 is 2.76 bits per heavy atom. The molecule has 1 aliphatic heterocycles. The van der Waals surface area contributed by atoms with Gasteiger partial charge in [-0.2, -0.15) is 0 Å². The summed E-state index contributed by atoms with van der Waals surface area (Å²) in [6.45, 7) is 12.0. The minimum absolute atomic E-state index is 0.162. The summed E-state index contributed by atoms with van der Waals surface area (Å²) in [5.74, 6) is 0.162. The van der Waals surface area contributed by atoms with Crippen molar-refractivity contribution in [3.8, 4) is 0 Å². The minimum Gasteiger partial charge on any atom is -0.409 e. The highest BCUT2D eigenvalue weighted by Crippen LogP contribution is 2.17. The summed E-state index contributed by atoms with van der Waals surface area (Å²) < 4.78 is 0. The lowest BCUT2D eigenvalue weighted by molar-refractivity contribution is 0.0833. The summed E-state index contributed by atoms with van der Waals surface area (Å²) >= 11 is 0. The van der Waals surface area contributed by atoms with Gasteiger partial charge in [0, 0.05) is 37.8 Å². The van der Waals surface area contributed by atoms with Crippen molar-refractivity contribution in [2.24, 2.45) is 10.9 Å². The first-order valence-electron chi connectivity index (χ1n) is 7.59. The number of hydrogen-bond acceptors (Lipinski definition) is 4. The van der Waals surface area contributed by atoms with Gasteiger partial charge in [0.05, 0.1) is 0 Å². The van der Waals surface area contributed by atoms with Crippen LogP contribution in [0, 0.1) is 6.92 Å². The molecule has 0 saturated carbocycles. The van der Waals surface area contributed by atoms with E-state index in [1.807, 2.05) is 12.1 Å². The minimum atomic E-state index is 0.162. The molecule has 1 aromatic carbocycles. The van der Waals surface area contributed by atoms with Gasteiger partial charge in [-0.15, -0.1) is 0 Å². The Morgan fingerprint density at radius 2 is 2.19 bits per heavy atom. The molecule has 2 rings (SSSR count). The van der Waals surface area contributed by atoms with Crippen molar-refractivity contribution in [3.63, 3.8) is 0 Å². The second-order valence-corrected chi connectivity index (χ2v) is 5.84. The molecule has 0 bridgehead atoms. The quantitative estimate of drug-likeness (QED) is 0.383. The molecular weight excluding hydrogens is 264 g/mol. The number of amidine groups is 1. The van der Waals surface area contributed by atoms with E-state index in [0.717, 1.165) is 38.3 Å². The van der Waals surface area contributed by atoms with Crippen LogP contribution in [0.2, 0.25) is 0 Å². The monoisotopic (exact) mass is 290 g/mol. The molecule has 1 fully saturated rings. The maximum Gasteiger partial charge on any atom is 0.170 e. The van der Waals surface area contributed by atoms with Gasteiger partial charge in [0.25, 0.3) is 0 Å². The van der Waals surface area contributed by atoms with Crippen LogP contribution in [-0.4, -0.2) is 53.1 Å². The van der Waals surface area contributed by atoms with Gasteiger partial charge in [-0.25, -0.2) is 0 Å². The van der Waals surface area contributed by atoms with Crippen LogP contribution < -0.4 is 5.73 Å². The highest BCUT2D eigenvalue weighted by molar-refractivity contribution is 5.97. The maximum atomic E-state index is 8.74. The number of hydrogen-bond donors (Lipinski definition) is 2. The van der Waals surface area contributed by atoms with Gasteiger partial charge in [0.2, 0.25) is 0 Å². The molecule has 0 amide bonds. The number of piperazine rings is 1. The van der Waals surface area contributed by atoms with Crippen LogP contribution in [0.25, 0.3) is 0 Å². The fraction of sp³-hybridized carbons (Fsp3) is 0.562. The second kappa shape index (κ2) is 6.91. The zero-order valence-corrected chi connectivity index (χ0v) is 13.2. The standard InChI is InChI=1S/C16H26N4O/c1-4-20-8-7-19(10-13(20)3)11-15-6-5-14(9-12(15)2)16(17)18-21/h5-6,9,13,21H,4,7-8,10-11H2,1-3H3,(H2,17,18). The van der Waals surface area contributed by atoms with Gasteiger partial charge < -0.3 is 10.9 Å². The van der Waals surface area contributed by atoms with Crippen LogP contribution in [0.1, 0.15) is 30.5 Å². The molecule has 1 atom stereocenters. The fourth-order valence-corrected chi connectivity index (χ4v) is 3.02. The third kappa shape index (κ3) is 3.74. The van der Waals surface area contributed by atoms with E-state index >= 15 is 0 Å². The lowest BCUT2D eigenvalue weighted by Gasteiger charge is -2.39. The number of likely N-dealkylation sites (N-methyl/N-ethyl adjacent to an activating group) is 1. The summed E-state index contributed by atoms with van der Waals surface area (Å²) in [4.78, 5) is 5.02. The Bertz CT molecular complexity index is 515. The highest BCUT2D eigenvalue weighted by atomic mass is 16.4. The van der Waals surface area contributed by atoms with E-state index in [9.17, 15) is 0 Å². The Balaban J connectivity index is 2.04. The first kappa shape index (κ1) is 15.8. The summed E-state index contributed by atoms with van der Waals surface area (Å²) in [5, 5.41) is 11.8. The number of benzene rings is 1. The SMILES string of the molecule is CCN1CCN(Cc2ccc(/C(N)=N/O)cc2C)CC1C. The summed E-state index contributed by atoms with van der Waals surface area (Å²) in [6.07, 6.45) is 0. The lowest BCUT2D eigenvalue weighted by Crippen LogP contribution is -2.51. The number of nitrogens with zero attached hydrogens (tertiary/aromatic N) is 3. The number of aryl methyl sites for hydroxylation is 1. The molecule has 0 aromatic heterocycles. The molecule has 5 nitrogen and oxygen atoms in total. The highest BCUT2D eigenvalue weighted by Gasteiger charge is 2.22. The number of nitrogens with two attached hydrogens (primary N) is 1. The average molecular weight is 290 g/mol. The Hall–Kier alpha value is -1.59. The normalized spacial score (nSPS) is 21.7. The van der Waals surface area contributed by atoms with Crippen LogP contribution >= 0.6 is 0 Å². The Kier molecular flexibility index (Phi) is 5.20. The predicted molar refractivity (Wildman–Crippen MR) is 85.7 cm³/mol. The van der Waals surface area contributed by atoms with E-state index < -0.39 is 0 Å². The molecule has 0 radical (unpaired) electrons. The van der Waals surface area contributed by atoms with E-state index in [1.165, 1.54) is 11.1 Å². The van der Waals surface area contributed by atoms with Gasteiger partial charge in [0.15, 0.2) is 5.84 Å². The largest absolute Gasteiger partial charge is 0.409 e. The van der Waals surface area contributed by atoms with Gasteiger partial charge >= 0.3 is 0 Å². The molecular formula is C16H26N4O. The van der Waals surface area contributed by atoms with Crippen LogP contribution in [-0.2, 0) is 6.54 Å². The van der Waals surface area contributed by atoms with E-state index in [4.69, 9.17) is 10.9 Å². The number of oxime groups is 1. The third-order valence-electron chi connectivity index (χ3n) is 4.40. The second-order valence-electron chi connectivity index (χ2n) is 5.84. The summed E-state index contributed by atoms with van der Waals surface area (Å²) in [5.41, 5.74) is 8.89. The lowest BCUT2D eigenvalue weighted by atomic mass is 10.0. The smallest absolute Gasteiger partial charge is 0.170 e. The van der Waals surface area contributed by atoms with Crippen molar-refractivity contribution >= 4 is 5.84 Å². The Morgan fingerprint density at radius 1 is 1.43 bits per heavy atom. The van der Waals surface area contributed by atoms with Crippen molar-refractivity contribution < 1.29 is 5.21 Å². The topological polar surface area (TPSA) is 65.1 Å². The zero-order valence-electron chi connectivity index (χ0n) is 13.2. The van der Waals surface area contributed by atoms with Crippen LogP contribution in [0.5, 0.6) is 0 Å². The van der Waals surface area contributed by atoms with E-state index in [1.54, 1.807) is 0 Å². The molecule has 3 N–H and O–H groups in total. The van der Waals surface area contributed by atoms with Gasteiger partial charge in [-0.05, 0) is 37.6 Å². The third-order valence-corrected chi connectivity index (χ3v) is 4.40. The van der Waals surface area contributed by atoms with Gasteiger partial charge in [-0.1, -0.05) is 24.2 Å². The Labute approximate surface area is 127 Å². The zero-order chi connectivity index (χ0) is 15.4. The first-order valence-corrected chi connectivity index (χ1v) is 7.59. The molecule has 1 aromatic rings. The van der Waals surface area contributed by atoms with E-state index in [0.29, 0.717) is 6.04 Å². The van der Waals surface area contributed by atoms with Gasteiger partial charge in [0.1, 0.15) is 0 Å². The first-order chi connectivity index (χ1) is 10.0. The van der Waals surface area contributed by atoms with Crippen molar-refractivity contribution in [2.45, 2.75) is 33.4 Å². The average Bonchev–Trinajstić information content (AvgIpc) is 2.48. The molecule has 0 aliphatic carbocycles. The van der Waals surface area contributed by atoms with Crippen LogP contribution in [0.15, 0.2) is 23.4 Å². The molecule has 1 aliphatic rings. The molecule has 116 valence electrons. The van der Waals surface area contributed by atoms with Crippen molar-refractivity contribution in [3.05, 3.63) is 34.9 Å². The fourth-order valence-electron chi connectivity index (χ4n) is 3.02. The van der Waals surface area contributed by atoms with E-state index in [2.05, 4.69) is 41.8 Å². The van der Waals surface area contributed by atoms with Crippen molar-refractivity contribution in [1.82, 2.24) is 9.80 Å². The molecule has 1 unspecified atom stereocenters. The molecule has 21 heavy (non-hydrogen) atoms. The summed E-state index contributed by atoms with van der Waals surface area (Å²) in [7, 11) is 0. The summed E-state index contributed by atoms with van der Waals surface area (Å²) in [6, 6.07) is 6.60. The van der Waals surface area contributed by atoms with Crippen LogP contribution in [0.3, 0.4) is 0 Å². The van der Waals surface area contributed by atoms with E-state index in [-0.39, 0.29) is 5.84 Å². The molecule has 1 saturated heterocycles. The molecule has 5 heteroatoms. The molecule has 1 heterocycles. The van der Waals surface area contributed by atoms with Gasteiger partial charge in [-0.3, -0.25) is 9.80 Å². The van der Waals surface area contributed by atoms with Crippen molar-refractivity contribution in [2.75, 3.05) is 26.2 Å². The maximum absolute atomic E-state index is 8.74. The van der Waals surface area contributed by atoms with Crippen molar-refractivity contribution in [1.29, 1.82) is 0 Å².